The quantitative estimate of drug-likeness (QED) is 0.532. The maximum Gasteiger partial charge on any atom is -0.0379 e. The van der Waals surface area contributed by atoms with Gasteiger partial charge in [0.1, 0.15) is 0 Å². The van der Waals surface area contributed by atoms with Gasteiger partial charge in [0.15, 0.2) is 0 Å². The van der Waals surface area contributed by atoms with Gasteiger partial charge in [-0.25, -0.2) is 0 Å². The summed E-state index contributed by atoms with van der Waals surface area (Å²) in [5.41, 5.74) is 0. The molecule has 0 aromatic rings. The molecule has 0 heteroatoms. The molecule has 0 aliphatic carbocycles. The molecule has 0 radical (unpaired) electrons. The van der Waals surface area contributed by atoms with E-state index >= 15 is 0 Å². The van der Waals surface area contributed by atoms with Crippen LogP contribution in [0.25, 0.3) is 0 Å². The van der Waals surface area contributed by atoms with Crippen LogP contribution < -0.4 is 0 Å². The second-order valence-electron chi connectivity index (χ2n) is 2.58. The van der Waals surface area contributed by atoms with E-state index in [1.807, 2.05) is 0 Å². The van der Waals surface area contributed by atoms with E-state index in [0.717, 1.165) is 0 Å². The van der Waals surface area contributed by atoms with E-state index in [9.17, 15) is 0 Å². The molecule has 0 spiro atoms. The number of allylic oxidation sites excluding steroid dienone is 4. The van der Waals surface area contributed by atoms with E-state index < -0.39 is 0 Å². The third kappa shape index (κ3) is 22.7. The molecule has 0 fully saturated rings. The van der Waals surface area contributed by atoms with Crippen molar-refractivity contribution in [2.75, 3.05) is 0 Å². The smallest absolute Gasteiger partial charge is 0.0379 e. The summed E-state index contributed by atoms with van der Waals surface area (Å²) in [7, 11) is 0. The Morgan fingerprint density at radius 1 is 0.500 bits per heavy atom. The van der Waals surface area contributed by atoms with Crippen LogP contribution in [0.2, 0.25) is 0 Å². The fraction of sp³-hybridized carbons (Fsp3) is 0.667. The molecule has 0 aliphatic rings. The first kappa shape index (κ1) is 14.0. The molecule has 12 heavy (non-hydrogen) atoms. The first-order valence-corrected chi connectivity index (χ1v) is 5.13. The number of rotatable bonds is 4. The molecule has 0 N–H and O–H groups in total. The summed E-state index contributed by atoms with van der Waals surface area (Å²) in [4.78, 5) is 0. The highest BCUT2D eigenvalue weighted by Gasteiger charge is 1.60. The van der Waals surface area contributed by atoms with Gasteiger partial charge >= 0.3 is 0 Å². The zero-order valence-corrected chi connectivity index (χ0v) is 9.14. The summed E-state index contributed by atoms with van der Waals surface area (Å²) in [6.07, 6.45) is 13.4. The maximum atomic E-state index is 2.18. The van der Waals surface area contributed by atoms with Gasteiger partial charge in [-0.1, -0.05) is 52.0 Å². The summed E-state index contributed by atoms with van der Waals surface area (Å²) in [6.45, 7) is 8.58. The Hall–Kier alpha value is -0.520. The van der Waals surface area contributed by atoms with Crippen LogP contribution in [0.15, 0.2) is 24.3 Å². The van der Waals surface area contributed by atoms with Crippen molar-refractivity contribution in [1.29, 1.82) is 0 Å². The van der Waals surface area contributed by atoms with Gasteiger partial charge < -0.3 is 0 Å². The van der Waals surface area contributed by atoms with Gasteiger partial charge in [0.25, 0.3) is 0 Å². The van der Waals surface area contributed by atoms with Gasteiger partial charge in [0.05, 0.1) is 0 Å². The Morgan fingerprint density at radius 2 is 0.667 bits per heavy atom. The van der Waals surface area contributed by atoms with Crippen molar-refractivity contribution in [2.45, 2.75) is 53.4 Å². The highest BCUT2D eigenvalue weighted by molar-refractivity contribution is 4.78. The van der Waals surface area contributed by atoms with Crippen molar-refractivity contribution in [2.24, 2.45) is 0 Å². The lowest BCUT2D eigenvalue weighted by Crippen LogP contribution is -1.51. The van der Waals surface area contributed by atoms with Crippen molar-refractivity contribution in [3.8, 4) is 0 Å². The third-order valence-corrected chi connectivity index (χ3v) is 1.28. The zero-order valence-electron chi connectivity index (χ0n) is 9.14. The van der Waals surface area contributed by atoms with E-state index in [0.29, 0.717) is 0 Å². The Bertz CT molecular complexity index is 72.6. The topological polar surface area (TPSA) is 0 Å². The zero-order chi connectivity index (χ0) is 9.66. The molecule has 0 nitrogen and oxygen atoms in total. The number of hydrogen-bond acceptors (Lipinski definition) is 0. The molecule has 0 aromatic heterocycles. The minimum Gasteiger partial charge on any atom is -0.0888 e. The average molecular weight is 168 g/mol. The van der Waals surface area contributed by atoms with Crippen molar-refractivity contribution in [3.63, 3.8) is 0 Å². The summed E-state index contributed by atoms with van der Waals surface area (Å²) in [5, 5.41) is 0. The molecule has 0 aromatic carbocycles. The van der Waals surface area contributed by atoms with Crippen LogP contribution in [0, 0.1) is 0 Å². The van der Waals surface area contributed by atoms with Crippen LogP contribution in [0.5, 0.6) is 0 Å². The Morgan fingerprint density at radius 3 is 0.750 bits per heavy atom. The molecular formula is C12H24. The van der Waals surface area contributed by atoms with E-state index in [1.54, 1.807) is 0 Å². The molecule has 0 rings (SSSR count). The first-order chi connectivity index (χ1) is 5.83. The van der Waals surface area contributed by atoms with E-state index in [-0.39, 0.29) is 0 Å². The molecular weight excluding hydrogens is 144 g/mol. The van der Waals surface area contributed by atoms with Gasteiger partial charge in [-0.2, -0.15) is 0 Å². The minimum atomic E-state index is 1.17. The average Bonchev–Trinajstić information content (AvgIpc) is 2.12. The van der Waals surface area contributed by atoms with E-state index in [1.165, 1.54) is 25.7 Å². The maximum absolute atomic E-state index is 2.18. The lowest BCUT2D eigenvalue weighted by molar-refractivity contribution is 1.16. The van der Waals surface area contributed by atoms with Crippen LogP contribution in [-0.2, 0) is 0 Å². The first-order valence-electron chi connectivity index (χ1n) is 5.13. The normalized spacial score (nSPS) is 10.3. The van der Waals surface area contributed by atoms with Crippen molar-refractivity contribution in [1.82, 2.24) is 0 Å². The minimum absolute atomic E-state index is 1.17. The monoisotopic (exact) mass is 168 g/mol. The summed E-state index contributed by atoms with van der Waals surface area (Å²) in [6, 6.07) is 0. The molecule has 0 atom stereocenters. The van der Waals surface area contributed by atoms with Gasteiger partial charge in [-0.05, 0) is 25.7 Å². The number of hydrogen-bond donors (Lipinski definition) is 0. The molecule has 0 unspecified atom stereocenters. The van der Waals surface area contributed by atoms with Crippen LogP contribution in [0.4, 0.5) is 0 Å². The summed E-state index contributed by atoms with van der Waals surface area (Å²) >= 11 is 0. The second-order valence-corrected chi connectivity index (χ2v) is 2.58. The van der Waals surface area contributed by atoms with Crippen molar-refractivity contribution >= 4 is 0 Å². The second kappa shape index (κ2) is 16.8. The molecule has 0 aliphatic heterocycles. The predicted octanol–water partition coefficient (Wildman–Crippen LogP) is 4.73. The lowest BCUT2D eigenvalue weighted by atomic mass is 10.4. The van der Waals surface area contributed by atoms with Crippen LogP contribution >= 0.6 is 0 Å². The van der Waals surface area contributed by atoms with E-state index in [2.05, 4.69) is 52.0 Å². The van der Waals surface area contributed by atoms with E-state index in [4.69, 9.17) is 0 Å². The predicted molar refractivity (Wildman–Crippen MR) is 59.4 cm³/mol. The van der Waals surface area contributed by atoms with Gasteiger partial charge in [-0.3, -0.25) is 0 Å². The van der Waals surface area contributed by atoms with Crippen molar-refractivity contribution in [3.05, 3.63) is 24.3 Å². The lowest BCUT2D eigenvalue weighted by Gasteiger charge is -1.72. The Labute approximate surface area is 78.4 Å². The molecule has 0 bridgehead atoms. The molecule has 0 saturated carbocycles. The van der Waals surface area contributed by atoms with Crippen LogP contribution in [0.1, 0.15) is 53.4 Å². The highest BCUT2D eigenvalue weighted by atomic mass is 13.7. The molecule has 72 valence electrons. The molecule has 0 saturated heterocycles. The molecule has 0 heterocycles. The SMILES string of the molecule is CC/C=C/CC.CC/C=C\CC. The van der Waals surface area contributed by atoms with Crippen LogP contribution in [-0.4, -0.2) is 0 Å². The Balaban J connectivity index is 0. The standard InChI is InChI=1S/2C6H12/c2*1-3-5-6-4-2/h2*5-6H,3-4H2,1-2H3/b6-5+;6-5-. The Kier molecular flexibility index (Phi) is 19.7. The molecule has 0 amide bonds. The van der Waals surface area contributed by atoms with Crippen molar-refractivity contribution < 1.29 is 0 Å². The largest absolute Gasteiger partial charge is 0.0888 e. The summed E-state index contributed by atoms with van der Waals surface area (Å²) in [5.74, 6) is 0. The van der Waals surface area contributed by atoms with Gasteiger partial charge in [-0.15, -0.1) is 0 Å². The third-order valence-electron chi connectivity index (χ3n) is 1.28. The fourth-order valence-corrected chi connectivity index (χ4v) is 0.667. The highest BCUT2D eigenvalue weighted by Crippen LogP contribution is 1.81. The summed E-state index contributed by atoms with van der Waals surface area (Å²) < 4.78 is 0. The van der Waals surface area contributed by atoms with Crippen LogP contribution in [0.3, 0.4) is 0 Å². The van der Waals surface area contributed by atoms with Gasteiger partial charge in [0.2, 0.25) is 0 Å². The van der Waals surface area contributed by atoms with Gasteiger partial charge in [0, 0.05) is 0 Å². The fourth-order valence-electron chi connectivity index (χ4n) is 0.667.